The van der Waals surface area contributed by atoms with Crippen LogP contribution in [0.1, 0.15) is 341 Å². The second kappa shape index (κ2) is 64.1. The fourth-order valence-corrected chi connectivity index (χ4v) is 10.1. The molecular weight excluding hydrogens is 891 g/mol. The van der Waals surface area contributed by atoms with Gasteiger partial charge >= 0.3 is 0 Å². The molecule has 4 heteroatoms. The van der Waals surface area contributed by atoms with E-state index in [1.807, 2.05) is 0 Å². The normalized spacial score (nSPS) is 13.2. The van der Waals surface area contributed by atoms with Crippen molar-refractivity contribution in [2.75, 3.05) is 6.61 Å². The lowest BCUT2D eigenvalue weighted by Gasteiger charge is -2.22. The Hall–Kier alpha value is -2.17. The second-order valence-corrected chi connectivity index (χ2v) is 22.2. The van der Waals surface area contributed by atoms with E-state index in [1.54, 1.807) is 0 Å². The molecule has 2 atom stereocenters. The lowest BCUT2D eigenvalue weighted by Crippen LogP contribution is -2.45. The largest absolute Gasteiger partial charge is 0.394 e. The van der Waals surface area contributed by atoms with Crippen molar-refractivity contribution in [3.63, 3.8) is 0 Å². The third-order valence-corrected chi connectivity index (χ3v) is 15.0. The topological polar surface area (TPSA) is 69.6 Å². The molecule has 0 aromatic heterocycles. The van der Waals surface area contributed by atoms with Gasteiger partial charge < -0.3 is 15.5 Å². The van der Waals surface area contributed by atoms with Crippen LogP contribution in [0, 0.1) is 0 Å². The maximum absolute atomic E-state index is 12.5. The SMILES string of the molecule is CC/C=C\C/C=C\C/C=C\C/C=C\C/C=C\C/C=C\CCCCCCCCCCCCC(=O)NC(CO)C(O)CCCCCCCCCCCCCCCCCCCCCCCCCCCCCCCCCC. The summed E-state index contributed by atoms with van der Waals surface area (Å²) < 4.78 is 0. The number of aliphatic hydroxyl groups excluding tert-OH is 2. The Morgan fingerprint density at radius 2 is 0.603 bits per heavy atom. The smallest absolute Gasteiger partial charge is 0.220 e. The number of carbonyl (C=O) groups is 1. The van der Waals surface area contributed by atoms with Crippen molar-refractivity contribution in [1.82, 2.24) is 5.32 Å². The van der Waals surface area contributed by atoms with E-state index >= 15 is 0 Å². The Balaban J connectivity index is 3.45. The standard InChI is InChI=1S/C69H127NO3/c1-3-5-7-9-11-13-15-17-19-21-23-25-27-29-31-33-34-35-37-38-40-42-44-46-48-50-52-54-56-58-60-62-64-68(72)67(66-71)70-69(73)65-63-61-59-57-55-53-51-49-47-45-43-41-39-36-32-30-28-26-24-22-20-18-16-14-12-10-8-6-4-2/h6,8,12,14,18,20,24,26,30,32,39,41,67-68,71-72H,3-5,7,9-11,13,15-17,19,21-23,25,27-29,31,33-38,40,42-66H2,1-2H3,(H,70,73)/b8-6-,14-12-,20-18-,26-24-,32-30-,41-39-. The summed E-state index contributed by atoms with van der Waals surface area (Å²) in [6, 6.07) is -0.545. The first-order chi connectivity index (χ1) is 36.2. The molecule has 0 aromatic rings. The van der Waals surface area contributed by atoms with Crippen LogP contribution in [0.2, 0.25) is 0 Å². The molecule has 0 fully saturated rings. The zero-order chi connectivity index (χ0) is 52.7. The molecule has 0 radical (unpaired) electrons. The van der Waals surface area contributed by atoms with E-state index < -0.39 is 12.1 Å². The number of nitrogens with one attached hydrogen (secondary N) is 1. The summed E-state index contributed by atoms with van der Waals surface area (Å²) in [5.74, 6) is -0.0341. The Morgan fingerprint density at radius 3 is 0.904 bits per heavy atom. The first kappa shape index (κ1) is 70.8. The van der Waals surface area contributed by atoms with E-state index in [2.05, 4.69) is 92.1 Å². The lowest BCUT2D eigenvalue weighted by atomic mass is 10.0. The molecule has 3 N–H and O–H groups in total. The monoisotopic (exact) mass is 1020 g/mol. The second-order valence-electron chi connectivity index (χ2n) is 22.2. The van der Waals surface area contributed by atoms with Crippen LogP contribution in [-0.4, -0.2) is 34.9 Å². The van der Waals surface area contributed by atoms with Crippen LogP contribution in [0.4, 0.5) is 0 Å². The van der Waals surface area contributed by atoms with Crippen LogP contribution < -0.4 is 5.32 Å². The van der Waals surface area contributed by atoms with Gasteiger partial charge in [0.1, 0.15) is 0 Å². The highest BCUT2D eigenvalue weighted by atomic mass is 16.3. The minimum Gasteiger partial charge on any atom is -0.394 e. The average molecular weight is 1020 g/mol. The molecule has 0 aliphatic heterocycles. The summed E-state index contributed by atoms with van der Waals surface area (Å²) in [6.07, 6.45) is 92.2. The zero-order valence-electron chi connectivity index (χ0n) is 49.2. The number of hydrogen-bond donors (Lipinski definition) is 3. The number of unbranched alkanes of at least 4 members (excludes halogenated alkanes) is 41. The molecule has 0 heterocycles. The molecule has 2 unspecified atom stereocenters. The summed E-state index contributed by atoms with van der Waals surface area (Å²) in [4.78, 5) is 12.5. The first-order valence-corrected chi connectivity index (χ1v) is 32.6. The summed E-state index contributed by atoms with van der Waals surface area (Å²) in [7, 11) is 0. The van der Waals surface area contributed by atoms with Crippen LogP contribution >= 0.6 is 0 Å². The molecule has 426 valence electrons. The van der Waals surface area contributed by atoms with Gasteiger partial charge in [0.2, 0.25) is 5.91 Å². The molecule has 0 aliphatic carbocycles. The summed E-state index contributed by atoms with van der Waals surface area (Å²) in [5, 5.41) is 23.4. The van der Waals surface area contributed by atoms with Crippen LogP contribution in [0.5, 0.6) is 0 Å². The van der Waals surface area contributed by atoms with Gasteiger partial charge in [0.15, 0.2) is 0 Å². The minimum absolute atomic E-state index is 0.0341. The molecule has 0 aliphatic rings. The van der Waals surface area contributed by atoms with Crippen LogP contribution in [0.25, 0.3) is 0 Å². The molecule has 0 aromatic carbocycles. The maximum Gasteiger partial charge on any atom is 0.220 e. The molecule has 0 saturated carbocycles. The molecular formula is C69H127NO3. The highest BCUT2D eigenvalue weighted by molar-refractivity contribution is 5.76. The van der Waals surface area contributed by atoms with Gasteiger partial charge in [-0.3, -0.25) is 4.79 Å². The number of rotatable bonds is 60. The Morgan fingerprint density at radius 1 is 0.342 bits per heavy atom. The summed E-state index contributed by atoms with van der Waals surface area (Å²) in [5.41, 5.74) is 0. The lowest BCUT2D eigenvalue weighted by molar-refractivity contribution is -0.123. The van der Waals surface area contributed by atoms with Crippen molar-refractivity contribution >= 4 is 5.91 Å². The van der Waals surface area contributed by atoms with Gasteiger partial charge in [0.25, 0.3) is 0 Å². The average Bonchev–Trinajstić information content (AvgIpc) is 3.40. The molecule has 0 saturated heterocycles. The van der Waals surface area contributed by atoms with Crippen molar-refractivity contribution in [1.29, 1.82) is 0 Å². The van der Waals surface area contributed by atoms with Gasteiger partial charge in [0.05, 0.1) is 18.8 Å². The molecule has 0 spiro atoms. The third kappa shape index (κ3) is 60.6. The van der Waals surface area contributed by atoms with Crippen LogP contribution in [0.15, 0.2) is 72.9 Å². The fourth-order valence-electron chi connectivity index (χ4n) is 10.1. The molecule has 0 rings (SSSR count). The van der Waals surface area contributed by atoms with Gasteiger partial charge in [-0.05, 0) is 64.2 Å². The van der Waals surface area contributed by atoms with Crippen LogP contribution in [0.3, 0.4) is 0 Å². The van der Waals surface area contributed by atoms with E-state index in [9.17, 15) is 15.0 Å². The Labute approximate surface area is 457 Å². The fraction of sp³-hybridized carbons (Fsp3) is 0.812. The highest BCUT2D eigenvalue weighted by Gasteiger charge is 2.20. The van der Waals surface area contributed by atoms with Gasteiger partial charge in [-0.15, -0.1) is 0 Å². The number of allylic oxidation sites excluding steroid dienone is 12. The molecule has 4 nitrogen and oxygen atoms in total. The number of hydrogen-bond acceptors (Lipinski definition) is 3. The van der Waals surface area contributed by atoms with E-state index in [-0.39, 0.29) is 12.5 Å². The first-order valence-electron chi connectivity index (χ1n) is 32.6. The predicted octanol–water partition coefficient (Wildman–Crippen LogP) is 22.1. The van der Waals surface area contributed by atoms with E-state index in [0.717, 1.165) is 64.2 Å². The summed E-state index contributed by atoms with van der Waals surface area (Å²) >= 11 is 0. The van der Waals surface area contributed by atoms with Gasteiger partial charge in [-0.25, -0.2) is 0 Å². The van der Waals surface area contributed by atoms with Gasteiger partial charge in [-0.1, -0.05) is 344 Å². The quantitative estimate of drug-likeness (QED) is 0.0420. The number of carbonyl (C=O) groups excluding carboxylic acids is 1. The van der Waals surface area contributed by atoms with Crippen molar-refractivity contribution in [2.45, 2.75) is 353 Å². The van der Waals surface area contributed by atoms with Gasteiger partial charge in [0, 0.05) is 6.42 Å². The minimum atomic E-state index is -0.667. The van der Waals surface area contributed by atoms with Crippen LogP contribution in [-0.2, 0) is 4.79 Å². The molecule has 1 amide bonds. The predicted molar refractivity (Wildman–Crippen MR) is 327 cm³/mol. The van der Waals surface area contributed by atoms with E-state index in [0.29, 0.717) is 12.8 Å². The number of amides is 1. The molecule has 0 bridgehead atoms. The van der Waals surface area contributed by atoms with Gasteiger partial charge in [-0.2, -0.15) is 0 Å². The van der Waals surface area contributed by atoms with Crippen molar-refractivity contribution in [3.05, 3.63) is 72.9 Å². The van der Waals surface area contributed by atoms with E-state index in [4.69, 9.17) is 0 Å². The Bertz CT molecular complexity index is 1250. The number of aliphatic hydroxyl groups is 2. The Kier molecular flexibility index (Phi) is 62.2. The van der Waals surface area contributed by atoms with Crippen molar-refractivity contribution in [3.8, 4) is 0 Å². The molecule has 73 heavy (non-hydrogen) atoms. The van der Waals surface area contributed by atoms with E-state index in [1.165, 1.54) is 250 Å². The highest BCUT2D eigenvalue weighted by Crippen LogP contribution is 2.18. The van der Waals surface area contributed by atoms with Crippen molar-refractivity contribution in [2.24, 2.45) is 0 Å². The third-order valence-electron chi connectivity index (χ3n) is 15.0. The maximum atomic E-state index is 12.5. The zero-order valence-corrected chi connectivity index (χ0v) is 49.2. The summed E-state index contributed by atoms with van der Waals surface area (Å²) in [6.45, 7) is 4.27. The van der Waals surface area contributed by atoms with Crippen molar-refractivity contribution < 1.29 is 15.0 Å².